The molecule has 134 valence electrons. The van der Waals surface area contributed by atoms with E-state index < -0.39 is 0 Å². The summed E-state index contributed by atoms with van der Waals surface area (Å²) in [4.78, 5) is 27.7. The van der Waals surface area contributed by atoms with Crippen molar-refractivity contribution in [1.82, 2.24) is 23.8 Å². The molecule has 2 unspecified atom stereocenters. The Kier molecular flexibility index (Phi) is 3.81. The van der Waals surface area contributed by atoms with Gasteiger partial charge in [0, 0.05) is 38.8 Å². The zero-order chi connectivity index (χ0) is 17.7. The highest BCUT2D eigenvalue weighted by molar-refractivity contribution is 5.93. The van der Waals surface area contributed by atoms with Crippen LogP contribution in [0.3, 0.4) is 0 Å². The first-order chi connectivity index (χ1) is 12.0. The van der Waals surface area contributed by atoms with Gasteiger partial charge in [-0.15, -0.1) is 0 Å². The number of hydrogen-bond donors (Lipinski definition) is 0. The van der Waals surface area contributed by atoms with E-state index in [-0.39, 0.29) is 23.7 Å². The van der Waals surface area contributed by atoms with Crippen LogP contribution in [0.1, 0.15) is 43.0 Å². The highest BCUT2D eigenvalue weighted by Gasteiger charge is 2.42. The quantitative estimate of drug-likeness (QED) is 0.843. The summed E-state index contributed by atoms with van der Waals surface area (Å²) in [5, 5.41) is 4.57. The van der Waals surface area contributed by atoms with Crippen LogP contribution in [-0.4, -0.2) is 41.8 Å². The Morgan fingerprint density at radius 3 is 2.76 bits per heavy atom. The Bertz CT molecular complexity index is 859. The van der Waals surface area contributed by atoms with E-state index in [2.05, 4.69) is 18.9 Å². The van der Waals surface area contributed by atoms with Crippen molar-refractivity contribution in [2.24, 2.45) is 13.0 Å². The second-order valence-electron chi connectivity index (χ2n) is 7.69. The molecule has 0 aliphatic carbocycles. The van der Waals surface area contributed by atoms with Crippen molar-refractivity contribution in [2.75, 3.05) is 0 Å². The molecule has 0 aromatic carbocycles. The van der Waals surface area contributed by atoms with Crippen molar-refractivity contribution < 1.29 is 4.79 Å². The summed E-state index contributed by atoms with van der Waals surface area (Å²) in [5.74, 6) is 1.26. The molecule has 2 atom stereocenters. The van der Waals surface area contributed by atoms with E-state index in [4.69, 9.17) is 0 Å². The Morgan fingerprint density at radius 2 is 2.08 bits per heavy atom. The number of aryl methyl sites for hydroxylation is 1. The van der Waals surface area contributed by atoms with E-state index in [1.165, 1.54) is 0 Å². The lowest BCUT2D eigenvalue weighted by molar-refractivity contribution is 0.0655. The molecule has 0 radical (unpaired) electrons. The normalized spacial score (nSPS) is 22.3. The smallest absolute Gasteiger partial charge is 0.345 e. The average molecular weight is 343 g/mol. The maximum atomic E-state index is 13.1. The van der Waals surface area contributed by atoms with Crippen LogP contribution in [0.5, 0.6) is 0 Å². The minimum atomic E-state index is -0.0393. The van der Waals surface area contributed by atoms with Crippen LogP contribution in [0.25, 0.3) is 0 Å². The molecule has 2 aliphatic rings. The molecule has 2 bridgehead atoms. The van der Waals surface area contributed by atoms with E-state index in [1.54, 1.807) is 9.25 Å². The number of carbonyl (C=O) groups excluding carboxylic acids is 1. The zero-order valence-electron chi connectivity index (χ0n) is 15.1. The van der Waals surface area contributed by atoms with Crippen molar-refractivity contribution in [2.45, 2.75) is 58.3 Å². The van der Waals surface area contributed by atoms with Crippen LogP contribution in [-0.2, 0) is 26.6 Å². The van der Waals surface area contributed by atoms with Crippen LogP contribution >= 0.6 is 0 Å². The average Bonchev–Trinajstić information content (AvgIpc) is 3.17. The van der Waals surface area contributed by atoms with Crippen LogP contribution in [0.2, 0.25) is 0 Å². The fraction of sp³-hybridized carbons (Fsp3) is 0.611. The summed E-state index contributed by atoms with van der Waals surface area (Å²) in [6.07, 6.45) is 4.48. The van der Waals surface area contributed by atoms with Crippen LogP contribution in [0.4, 0.5) is 0 Å². The second-order valence-corrected chi connectivity index (χ2v) is 7.69. The maximum absolute atomic E-state index is 13.1. The lowest BCUT2D eigenvalue weighted by atomic mass is 10.1. The van der Waals surface area contributed by atoms with Gasteiger partial charge in [0.25, 0.3) is 5.91 Å². The SMILES string of the molecule is CC(C)Cn1nc2n(c1=O)CC1CCC(C2)N1C(=O)c1cccn1C. The summed E-state index contributed by atoms with van der Waals surface area (Å²) in [7, 11) is 1.89. The Labute approximate surface area is 146 Å². The molecule has 2 aromatic heterocycles. The third-order valence-electron chi connectivity index (χ3n) is 5.37. The predicted octanol–water partition coefficient (Wildman–Crippen LogP) is 1.27. The Morgan fingerprint density at radius 1 is 1.32 bits per heavy atom. The first-order valence-electron chi connectivity index (χ1n) is 9.06. The molecule has 1 saturated heterocycles. The van der Waals surface area contributed by atoms with E-state index in [0.29, 0.717) is 31.1 Å². The number of carbonyl (C=O) groups is 1. The molecule has 0 saturated carbocycles. The highest BCUT2D eigenvalue weighted by atomic mass is 16.2. The lowest BCUT2D eigenvalue weighted by Crippen LogP contribution is -2.43. The van der Waals surface area contributed by atoms with Gasteiger partial charge in [0.1, 0.15) is 11.5 Å². The molecule has 4 rings (SSSR count). The van der Waals surface area contributed by atoms with Crippen LogP contribution in [0, 0.1) is 5.92 Å². The first kappa shape index (κ1) is 16.2. The third kappa shape index (κ3) is 2.62. The Balaban J connectivity index is 1.66. The van der Waals surface area contributed by atoms with Gasteiger partial charge < -0.3 is 9.47 Å². The molecular formula is C18H25N5O2. The number of nitrogens with zero attached hydrogens (tertiary/aromatic N) is 5. The fourth-order valence-corrected chi connectivity index (χ4v) is 4.19. The number of rotatable bonds is 3. The van der Waals surface area contributed by atoms with Crippen molar-refractivity contribution in [3.05, 3.63) is 40.3 Å². The van der Waals surface area contributed by atoms with Crippen molar-refractivity contribution >= 4 is 5.91 Å². The fourth-order valence-electron chi connectivity index (χ4n) is 4.19. The standard InChI is InChI=1S/C18H25N5O2/c1-12(2)10-22-18(25)21-11-14-7-6-13(9-16(21)19-22)23(14)17(24)15-5-4-8-20(15)3/h4-5,8,12-14H,6-7,9-11H2,1-3H3. The highest BCUT2D eigenvalue weighted by Crippen LogP contribution is 2.31. The van der Waals surface area contributed by atoms with E-state index in [1.807, 2.05) is 34.8 Å². The van der Waals surface area contributed by atoms with Crippen LogP contribution < -0.4 is 5.69 Å². The monoisotopic (exact) mass is 343 g/mol. The molecule has 7 nitrogen and oxygen atoms in total. The largest absolute Gasteiger partial charge is 0.347 e. The minimum Gasteiger partial charge on any atom is -0.347 e. The van der Waals surface area contributed by atoms with E-state index in [0.717, 1.165) is 18.7 Å². The minimum absolute atomic E-state index is 0.0393. The van der Waals surface area contributed by atoms with Gasteiger partial charge in [-0.05, 0) is 30.9 Å². The lowest BCUT2D eigenvalue weighted by Gasteiger charge is -2.28. The second kappa shape index (κ2) is 5.89. The van der Waals surface area contributed by atoms with E-state index >= 15 is 0 Å². The van der Waals surface area contributed by atoms with Gasteiger partial charge in [0.15, 0.2) is 0 Å². The summed E-state index contributed by atoms with van der Waals surface area (Å²) < 4.78 is 5.24. The number of amides is 1. The number of hydrogen-bond acceptors (Lipinski definition) is 3. The number of aromatic nitrogens is 4. The predicted molar refractivity (Wildman–Crippen MR) is 93.4 cm³/mol. The van der Waals surface area contributed by atoms with Crippen molar-refractivity contribution in [1.29, 1.82) is 0 Å². The van der Waals surface area contributed by atoms with Gasteiger partial charge in [0.2, 0.25) is 0 Å². The molecule has 1 fully saturated rings. The topological polar surface area (TPSA) is 65.1 Å². The van der Waals surface area contributed by atoms with Gasteiger partial charge in [-0.1, -0.05) is 13.8 Å². The molecule has 25 heavy (non-hydrogen) atoms. The van der Waals surface area contributed by atoms with Crippen molar-refractivity contribution in [3.63, 3.8) is 0 Å². The van der Waals surface area contributed by atoms with E-state index in [9.17, 15) is 9.59 Å². The molecular weight excluding hydrogens is 318 g/mol. The zero-order valence-corrected chi connectivity index (χ0v) is 15.1. The van der Waals surface area contributed by atoms with Gasteiger partial charge in [-0.3, -0.25) is 9.36 Å². The molecule has 1 amide bonds. The molecule has 7 heteroatoms. The Hall–Kier alpha value is -2.31. The number of fused-ring (bicyclic) bond motifs is 3. The summed E-state index contributed by atoms with van der Waals surface area (Å²) in [6, 6.07) is 3.95. The molecule has 2 aromatic rings. The van der Waals surface area contributed by atoms with Gasteiger partial charge in [-0.2, -0.15) is 5.10 Å². The molecule has 2 aliphatic heterocycles. The molecule has 0 N–H and O–H groups in total. The summed E-state index contributed by atoms with van der Waals surface area (Å²) in [6.45, 7) is 5.36. The van der Waals surface area contributed by atoms with Gasteiger partial charge in [0.05, 0.1) is 6.04 Å². The van der Waals surface area contributed by atoms with Crippen molar-refractivity contribution in [3.8, 4) is 0 Å². The third-order valence-corrected chi connectivity index (χ3v) is 5.37. The van der Waals surface area contributed by atoms with Crippen LogP contribution in [0.15, 0.2) is 23.1 Å². The van der Waals surface area contributed by atoms with Gasteiger partial charge >= 0.3 is 5.69 Å². The molecule has 0 spiro atoms. The van der Waals surface area contributed by atoms with Gasteiger partial charge in [-0.25, -0.2) is 9.48 Å². The summed E-state index contributed by atoms with van der Waals surface area (Å²) in [5.41, 5.74) is 0.663. The maximum Gasteiger partial charge on any atom is 0.345 e. The molecule has 4 heterocycles. The first-order valence-corrected chi connectivity index (χ1v) is 9.06. The summed E-state index contributed by atoms with van der Waals surface area (Å²) >= 11 is 0.